The zero-order valence-electron chi connectivity index (χ0n) is 17.6. The van der Waals surface area contributed by atoms with Crippen molar-refractivity contribution in [3.63, 3.8) is 0 Å². The summed E-state index contributed by atoms with van der Waals surface area (Å²) in [6.07, 6.45) is 2.30. The van der Waals surface area contributed by atoms with Crippen LogP contribution in [0.25, 0.3) is 33.1 Å². The van der Waals surface area contributed by atoms with Gasteiger partial charge in [0.2, 0.25) is 5.95 Å². The first-order valence-corrected chi connectivity index (χ1v) is 10.3. The molecule has 0 radical (unpaired) electrons. The minimum absolute atomic E-state index is 0.180. The van der Waals surface area contributed by atoms with Crippen molar-refractivity contribution in [2.75, 3.05) is 11.9 Å². The zero-order valence-corrected chi connectivity index (χ0v) is 17.6. The van der Waals surface area contributed by atoms with Crippen LogP contribution in [0.2, 0.25) is 0 Å². The molecule has 5 rings (SSSR count). The number of aromatic nitrogens is 4. The van der Waals surface area contributed by atoms with Crippen LogP contribution in [0.1, 0.15) is 6.92 Å². The smallest absolute Gasteiger partial charge is 0.434 e. The van der Waals surface area contributed by atoms with Crippen LogP contribution < -0.4 is 15.6 Å². The third-order valence-electron chi connectivity index (χ3n) is 5.04. The molecule has 164 valence electrons. The van der Waals surface area contributed by atoms with E-state index in [2.05, 4.69) is 25.3 Å². The van der Waals surface area contributed by atoms with Crippen LogP contribution in [-0.2, 0) is 4.74 Å². The second-order valence-electron chi connectivity index (χ2n) is 7.16. The Morgan fingerprint density at radius 1 is 1.12 bits per heavy atom. The molecule has 0 aliphatic rings. The van der Waals surface area contributed by atoms with Crippen molar-refractivity contribution in [1.82, 2.24) is 19.9 Å². The lowest BCUT2D eigenvalue weighted by Crippen LogP contribution is -2.10. The van der Waals surface area contributed by atoms with Gasteiger partial charge in [0.25, 0.3) is 5.56 Å². The van der Waals surface area contributed by atoms with Gasteiger partial charge in [-0.1, -0.05) is 24.3 Å². The van der Waals surface area contributed by atoms with Crippen molar-refractivity contribution in [2.24, 2.45) is 0 Å². The highest BCUT2D eigenvalue weighted by Gasteiger charge is 2.17. The Balaban J connectivity index is 1.59. The van der Waals surface area contributed by atoms with Gasteiger partial charge in [0, 0.05) is 34.5 Å². The molecule has 0 bridgehead atoms. The molecule has 0 spiro atoms. The molecule has 33 heavy (non-hydrogen) atoms. The summed E-state index contributed by atoms with van der Waals surface area (Å²) in [5.74, 6) is 0.671. The monoisotopic (exact) mass is 441 g/mol. The van der Waals surface area contributed by atoms with E-state index in [-0.39, 0.29) is 17.9 Å². The van der Waals surface area contributed by atoms with E-state index in [9.17, 15) is 9.59 Å². The topological polar surface area (TPSA) is 122 Å². The molecule has 3 N–H and O–H groups in total. The Hall–Kier alpha value is -4.66. The Bertz CT molecular complexity index is 1530. The molecular formula is C24H19N5O4. The van der Waals surface area contributed by atoms with E-state index < -0.39 is 6.16 Å². The van der Waals surface area contributed by atoms with Crippen molar-refractivity contribution in [3.05, 3.63) is 77.3 Å². The van der Waals surface area contributed by atoms with E-state index >= 15 is 0 Å². The number of anilines is 2. The Morgan fingerprint density at radius 3 is 2.79 bits per heavy atom. The first kappa shape index (κ1) is 20.3. The second-order valence-corrected chi connectivity index (χ2v) is 7.16. The fourth-order valence-corrected chi connectivity index (χ4v) is 3.60. The number of carbonyl (C=O) groups excluding carboxylic acids is 1. The summed E-state index contributed by atoms with van der Waals surface area (Å²) in [4.78, 5) is 39.0. The number of aromatic amines is 2. The average molecular weight is 441 g/mol. The molecule has 0 aliphatic carbocycles. The molecule has 2 aromatic carbocycles. The zero-order chi connectivity index (χ0) is 22.8. The predicted octanol–water partition coefficient (Wildman–Crippen LogP) is 4.75. The fraction of sp³-hybridized carbons (Fsp3) is 0.0833. The molecule has 9 heteroatoms. The second kappa shape index (κ2) is 8.46. The molecule has 0 aliphatic heterocycles. The minimum atomic E-state index is -0.838. The van der Waals surface area contributed by atoms with E-state index in [0.717, 1.165) is 11.3 Å². The van der Waals surface area contributed by atoms with Gasteiger partial charge in [-0.25, -0.2) is 14.8 Å². The summed E-state index contributed by atoms with van der Waals surface area (Å²) >= 11 is 0. The van der Waals surface area contributed by atoms with E-state index in [1.165, 1.54) is 6.20 Å². The number of pyridine rings is 1. The number of para-hydroxylation sites is 1. The van der Waals surface area contributed by atoms with Crippen molar-refractivity contribution in [3.8, 4) is 17.0 Å². The summed E-state index contributed by atoms with van der Waals surface area (Å²) in [7, 11) is 0. The van der Waals surface area contributed by atoms with Crippen LogP contribution in [0.15, 0.2) is 71.8 Å². The van der Waals surface area contributed by atoms with Gasteiger partial charge in [-0.2, -0.15) is 0 Å². The van der Waals surface area contributed by atoms with E-state index in [1.807, 2.05) is 42.5 Å². The number of H-pyrrole nitrogens is 2. The highest BCUT2D eigenvalue weighted by molar-refractivity contribution is 6.09. The number of benzene rings is 2. The quantitative estimate of drug-likeness (QED) is 0.337. The first-order valence-electron chi connectivity index (χ1n) is 10.3. The Morgan fingerprint density at radius 2 is 1.97 bits per heavy atom. The third-order valence-corrected chi connectivity index (χ3v) is 5.04. The van der Waals surface area contributed by atoms with Crippen LogP contribution in [0.5, 0.6) is 5.75 Å². The highest BCUT2D eigenvalue weighted by atomic mass is 16.7. The molecule has 9 nitrogen and oxygen atoms in total. The number of hydrogen-bond donors (Lipinski definition) is 3. The number of rotatable bonds is 5. The minimum Gasteiger partial charge on any atom is -0.434 e. The standard InChI is InChI=1S/C24H19N5O4/c1-2-32-24(31)33-19-13-26-21-20(19)16-12-14(8-9-18(16)28-22(21)30)17-10-11-25-23(29-17)27-15-6-4-3-5-7-15/h3-13,26H,2H2,1H3,(H,28,30)(H,25,27,29). The third kappa shape index (κ3) is 3.99. The van der Waals surface area contributed by atoms with Gasteiger partial charge < -0.3 is 24.8 Å². The van der Waals surface area contributed by atoms with Crippen LogP contribution in [-0.4, -0.2) is 32.7 Å². The number of nitrogens with zero attached hydrogens (tertiary/aromatic N) is 2. The lowest BCUT2D eigenvalue weighted by atomic mass is 10.1. The van der Waals surface area contributed by atoms with Crippen molar-refractivity contribution >= 4 is 39.6 Å². The van der Waals surface area contributed by atoms with E-state index in [4.69, 9.17) is 9.47 Å². The molecule has 0 amide bonds. The molecule has 3 aromatic heterocycles. The van der Waals surface area contributed by atoms with Gasteiger partial charge in [0.1, 0.15) is 5.52 Å². The first-order chi connectivity index (χ1) is 16.1. The maximum absolute atomic E-state index is 12.5. The van der Waals surface area contributed by atoms with Gasteiger partial charge in [-0.15, -0.1) is 0 Å². The molecule has 5 aromatic rings. The van der Waals surface area contributed by atoms with Gasteiger partial charge in [0.05, 0.1) is 17.7 Å². The Kier molecular flexibility index (Phi) is 5.19. The summed E-state index contributed by atoms with van der Waals surface area (Å²) in [6.45, 7) is 1.87. The van der Waals surface area contributed by atoms with E-state index in [0.29, 0.717) is 33.4 Å². The lowest BCUT2D eigenvalue weighted by molar-refractivity contribution is 0.105. The fourth-order valence-electron chi connectivity index (χ4n) is 3.60. The molecule has 0 fully saturated rings. The number of ether oxygens (including phenoxy) is 2. The molecule has 0 unspecified atom stereocenters. The Labute approximate surface area is 187 Å². The molecule has 0 saturated carbocycles. The van der Waals surface area contributed by atoms with Crippen LogP contribution in [0, 0.1) is 0 Å². The highest BCUT2D eigenvalue weighted by Crippen LogP contribution is 2.33. The number of hydrogen-bond acceptors (Lipinski definition) is 7. The maximum atomic E-state index is 12.5. The summed E-state index contributed by atoms with van der Waals surface area (Å²) < 4.78 is 10.2. The normalized spacial score (nSPS) is 10.9. The lowest BCUT2D eigenvalue weighted by Gasteiger charge is -2.09. The van der Waals surface area contributed by atoms with Gasteiger partial charge in [-0.05, 0) is 37.3 Å². The summed E-state index contributed by atoms with van der Waals surface area (Å²) in [5.41, 5.74) is 2.95. The molecule has 0 atom stereocenters. The van der Waals surface area contributed by atoms with Gasteiger partial charge >= 0.3 is 6.16 Å². The predicted molar refractivity (Wildman–Crippen MR) is 125 cm³/mol. The van der Waals surface area contributed by atoms with Crippen LogP contribution >= 0.6 is 0 Å². The molecule has 0 saturated heterocycles. The largest absolute Gasteiger partial charge is 0.513 e. The SMILES string of the molecule is CCOC(=O)Oc1c[nH]c2c(=O)[nH]c3ccc(-c4ccnc(Nc5ccccc5)n4)cc3c12. The van der Waals surface area contributed by atoms with Crippen molar-refractivity contribution in [2.45, 2.75) is 6.92 Å². The average Bonchev–Trinajstić information content (AvgIpc) is 3.24. The van der Waals surface area contributed by atoms with Gasteiger partial charge in [-0.3, -0.25) is 4.79 Å². The molecule has 3 heterocycles. The van der Waals surface area contributed by atoms with Crippen molar-refractivity contribution < 1.29 is 14.3 Å². The van der Waals surface area contributed by atoms with E-state index in [1.54, 1.807) is 25.3 Å². The number of nitrogens with one attached hydrogen (secondary N) is 3. The van der Waals surface area contributed by atoms with Crippen LogP contribution in [0.4, 0.5) is 16.4 Å². The maximum Gasteiger partial charge on any atom is 0.513 e. The summed E-state index contributed by atoms with van der Waals surface area (Å²) in [6, 6.07) is 17.0. The number of fused-ring (bicyclic) bond motifs is 3. The van der Waals surface area contributed by atoms with Crippen molar-refractivity contribution in [1.29, 1.82) is 0 Å². The summed E-state index contributed by atoms with van der Waals surface area (Å²) in [5, 5.41) is 4.36. The van der Waals surface area contributed by atoms with Gasteiger partial charge in [0.15, 0.2) is 5.75 Å². The molecular weight excluding hydrogens is 422 g/mol. The van der Waals surface area contributed by atoms with Crippen LogP contribution in [0.3, 0.4) is 0 Å². The number of carbonyl (C=O) groups is 1.